The molecule has 1 aromatic rings. The summed E-state index contributed by atoms with van der Waals surface area (Å²) in [5.41, 5.74) is 4.75. The van der Waals surface area contributed by atoms with Crippen molar-refractivity contribution in [3.63, 3.8) is 0 Å². The molecule has 0 N–H and O–H groups in total. The molecule has 0 radical (unpaired) electrons. The average Bonchev–Trinajstić information content (AvgIpc) is 2.77. The van der Waals surface area contributed by atoms with Gasteiger partial charge in [0.05, 0.1) is 0 Å². The van der Waals surface area contributed by atoms with Crippen LogP contribution in [0.15, 0.2) is 73.9 Å². The Morgan fingerprint density at radius 1 is 0.941 bits per heavy atom. The molecule has 0 saturated heterocycles. The fraction of sp³-hybridized carbons (Fsp3) is 0.176. The van der Waals surface area contributed by atoms with Gasteiger partial charge in [-0.25, -0.2) is 0 Å². The lowest BCUT2D eigenvalue weighted by Crippen LogP contribution is -2.24. The molecular formula is C17H18. The summed E-state index contributed by atoms with van der Waals surface area (Å²) < 4.78 is 0. The van der Waals surface area contributed by atoms with Gasteiger partial charge in [-0.05, 0) is 35.1 Å². The Labute approximate surface area is 104 Å². The van der Waals surface area contributed by atoms with Crippen molar-refractivity contribution < 1.29 is 0 Å². The van der Waals surface area contributed by atoms with E-state index in [1.54, 1.807) is 0 Å². The molecule has 0 atom stereocenters. The van der Waals surface area contributed by atoms with E-state index >= 15 is 0 Å². The molecule has 1 aliphatic rings. The molecule has 0 fully saturated rings. The van der Waals surface area contributed by atoms with E-state index in [9.17, 15) is 0 Å². The van der Waals surface area contributed by atoms with E-state index in [4.69, 9.17) is 0 Å². The van der Waals surface area contributed by atoms with Crippen molar-refractivity contribution in [2.45, 2.75) is 12.8 Å². The number of rotatable bonds is 4. The van der Waals surface area contributed by atoms with Gasteiger partial charge in [0.15, 0.2) is 0 Å². The van der Waals surface area contributed by atoms with Gasteiger partial charge in [-0.1, -0.05) is 62.7 Å². The van der Waals surface area contributed by atoms with Crippen molar-refractivity contribution in [1.29, 1.82) is 0 Å². The van der Waals surface area contributed by atoms with E-state index < -0.39 is 0 Å². The lowest BCUT2D eigenvalue weighted by atomic mass is 9.72. The number of hydrogen-bond donors (Lipinski definition) is 0. The lowest BCUT2D eigenvalue weighted by molar-refractivity contribution is 0.483. The minimum atomic E-state index is -0.104. The van der Waals surface area contributed by atoms with Crippen LogP contribution in [-0.4, -0.2) is 0 Å². The van der Waals surface area contributed by atoms with Crippen LogP contribution in [-0.2, 0) is 12.8 Å². The monoisotopic (exact) mass is 222 g/mol. The van der Waals surface area contributed by atoms with Gasteiger partial charge in [-0.15, -0.1) is 0 Å². The number of allylic oxidation sites excluding steroid dienone is 4. The quantitative estimate of drug-likeness (QED) is 0.668. The van der Waals surface area contributed by atoms with Crippen LogP contribution in [0.25, 0.3) is 0 Å². The summed E-state index contributed by atoms with van der Waals surface area (Å²) >= 11 is 0. The third kappa shape index (κ3) is 1.70. The summed E-state index contributed by atoms with van der Waals surface area (Å²) in [6.45, 7) is 16.0. The summed E-state index contributed by atoms with van der Waals surface area (Å²) in [6, 6.07) is 8.54. The molecule has 0 unspecified atom stereocenters. The first-order valence-corrected chi connectivity index (χ1v) is 5.84. The number of benzene rings is 1. The molecule has 0 aromatic heterocycles. The SMILES string of the molecule is C=CC(=C)C1(C(=C)C=C)Cc2ccccc2C1. The predicted octanol–water partition coefficient (Wildman–Crippen LogP) is 4.26. The first kappa shape index (κ1) is 11.7. The summed E-state index contributed by atoms with van der Waals surface area (Å²) in [5, 5.41) is 0. The third-order valence-corrected chi connectivity index (χ3v) is 3.83. The lowest BCUT2D eigenvalue weighted by Gasteiger charge is -2.31. The second-order valence-electron chi connectivity index (χ2n) is 4.66. The Bertz CT molecular complexity index is 456. The molecule has 0 bridgehead atoms. The average molecular weight is 222 g/mol. The minimum absolute atomic E-state index is 0.104. The van der Waals surface area contributed by atoms with Crippen LogP contribution in [0, 0.1) is 5.41 Å². The molecule has 1 aromatic carbocycles. The molecule has 0 heteroatoms. The van der Waals surface area contributed by atoms with Gasteiger partial charge < -0.3 is 0 Å². The Hall–Kier alpha value is -1.82. The van der Waals surface area contributed by atoms with Crippen LogP contribution < -0.4 is 0 Å². The van der Waals surface area contributed by atoms with Gasteiger partial charge in [0, 0.05) is 5.41 Å². The molecular weight excluding hydrogens is 204 g/mol. The van der Waals surface area contributed by atoms with E-state index in [0.717, 1.165) is 24.0 Å². The summed E-state index contributed by atoms with van der Waals surface area (Å²) in [6.07, 6.45) is 5.61. The zero-order valence-corrected chi connectivity index (χ0v) is 10.2. The van der Waals surface area contributed by atoms with E-state index in [1.165, 1.54) is 11.1 Å². The highest BCUT2D eigenvalue weighted by atomic mass is 14.4. The van der Waals surface area contributed by atoms with Crippen molar-refractivity contribution in [1.82, 2.24) is 0 Å². The van der Waals surface area contributed by atoms with Crippen molar-refractivity contribution >= 4 is 0 Å². The van der Waals surface area contributed by atoms with E-state index in [0.29, 0.717) is 0 Å². The zero-order valence-electron chi connectivity index (χ0n) is 10.2. The third-order valence-electron chi connectivity index (χ3n) is 3.83. The number of fused-ring (bicyclic) bond motifs is 1. The van der Waals surface area contributed by atoms with Gasteiger partial charge in [0.25, 0.3) is 0 Å². The molecule has 0 amide bonds. The number of hydrogen-bond acceptors (Lipinski definition) is 0. The van der Waals surface area contributed by atoms with Gasteiger partial charge >= 0.3 is 0 Å². The van der Waals surface area contributed by atoms with Crippen molar-refractivity contribution in [3.05, 3.63) is 85.0 Å². The normalized spacial score (nSPS) is 16.0. The van der Waals surface area contributed by atoms with E-state index in [-0.39, 0.29) is 5.41 Å². The van der Waals surface area contributed by atoms with Crippen LogP contribution in [0.2, 0.25) is 0 Å². The van der Waals surface area contributed by atoms with Crippen LogP contribution in [0.3, 0.4) is 0 Å². The summed E-state index contributed by atoms with van der Waals surface area (Å²) in [4.78, 5) is 0. The van der Waals surface area contributed by atoms with Gasteiger partial charge in [0.1, 0.15) is 0 Å². The molecule has 0 saturated carbocycles. The second kappa shape index (κ2) is 4.21. The van der Waals surface area contributed by atoms with Gasteiger partial charge in [-0.2, -0.15) is 0 Å². The van der Waals surface area contributed by atoms with Crippen LogP contribution >= 0.6 is 0 Å². The van der Waals surface area contributed by atoms with Gasteiger partial charge in [-0.3, -0.25) is 0 Å². The van der Waals surface area contributed by atoms with Gasteiger partial charge in [0.2, 0.25) is 0 Å². The molecule has 0 spiro atoms. The summed E-state index contributed by atoms with van der Waals surface area (Å²) in [5.74, 6) is 0. The highest BCUT2D eigenvalue weighted by Gasteiger charge is 2.39. The summed E-state index contributed by atoms with van der Waals surface area (Å²) in [7, 11) is 0. The molecule has 17 heavy (non-hydrogen) atoms. The first-order chi connectivity index (χ1) is 8.14. The molecule has 1 aliphatic carbocycles. The molecule has 0 nitrogen and oxygen atoms in total. The molecule has 0 aliphatic heterocycles. The zero-order chi connectivity index (χ0) is 12.5. The maximum Gasteiger partial charge on any atom is 0.0271 e. The Morgan fingerprint density at radius 2 is 1.35 bits per heavy atom. The molecule has 0 heterocycles. The fourth-order valence-corrected chi connectivity index (χ4v) is 2.67. The highest BCUT2D eigenvalue weighted by Crippen LogP contribution is 2.47. The first-order valence-electron chi connectivity index (χ1n) is 5.84. The highest BCUT2D eigenvalue weighted by molar-refractivity contribution is 5.48. The predicted molar refractivity (Wildman–Crippen MR) is 75.0 cm³/mol. The van der Waals surface area contributed by atoms with Crippen molar-refractivity contribution in [2.24, 2.45) is 5.41 Å². The minimum Gasteiger partial charge on any atom is -0.0988 e. The maximum atomic E-state index is 4.15. The van der Waals surface area contributed by atoms with Crippen LogP contribution in [0.4, 0.5) is 0 Å². The smallest absolute Gasteiger partial charge is 0.0271 e. The topological polar surface area (TPSA) is 0 Å². The van der Waals surface area contributed by atoms with Crippen LogP contribution in [0.1, 0.15) is 11.1 Å². The Morgan fingerprint density at radius 3 is 1.71 bits per heavy atom. The van der Waals surface area contributed by atoms with E-state index in [2.05, 4.69) is 50.6 Å². The fourth-order valence-electron chi connectivity index (χ4n) is 2.67. The Balaban J connectivity index is 2.48. The van der Waals surface area contributed by atoms with Crippen LogP contribution in [0.5, 0.6) is 0 Å². The molecule has 2 rings (SSSR count). The van der Waals surface area contributed by atoms with Crippen molar-refractivity contribution in [2.75, 3.05) is 0 Å². The second-order valence-corrected chi connectivity index (χ2v) is 4.66. The van der Waals surface area contributed by atoms with E-state index in [1.807, 2.05) is 12.2 Å². The molecule has 86 valence electrons. The maximum absolute atomic E-state index is 4.15. The largest absolute Gasteiger partial charge is 0.0988 e. The van der Waals surface area contributed by atoms with Crippen molar-refractivity contribution in [3.8, 4) is 0 Å². The Kier molecular flexibility index (Phi) is 2.89. The standard InChI is InChI=1S/C17H18/c1-5-13(3)17(14(4)6-2)11-15-9-7-8-10-16(15)12-17/h5-10H,1-4,11-12H2.